The molecule has 0 spiro atoms. The first-order valence-corrected chi connectivity index (χ1v) is 11.6. The zero-order valence-corrected chi connectivity index (χ0v) is 18.3. The van der Waals surface area contributed by atoms with E-state index in [-0.39, 0.29) is 10.7 Å². The number of rotatable bonds is 9. The van der Waals surface area contributed by atoms with E-state index >= 15 is 0 Å². The quantitative estimate of drug-likeness (QED) is 0.482. The van der Waals surface area contributed by atoms with Gasteiger partial charge >= 0.3 is 5.97 Å². The fraction of sp³-hybridized carbons (Fsp3) is 0.167. The van der Waals surface area contributed by atoms with Crippen molar-refractivity contribution in [2.75, 3.05) is 5.75 Å². The van der Waals surface area contributed by atoms with Crippen LogP contribution in [0.2, 0.25) is 0 Å². The molecule has 166 valence electrons. The monoisotopic (exact) mass is 452 g/mol. The van der Waals surface area contributed by atoms with Gasteiger partial charge in [-0.1, -0.05) is 54.1 Å². The second kappa shape index (κ2) is 9.76. The first-order valence-electron chi connectivity index (χ1n) is 9.91. The van der Waals surface area contributed by atoms with Crippen LogP contribution in [-0.4, -0.2) is 41.6 Å². The molecule has 3 rings (SSSR count). The largest absolute Gasteiger partial charge is 0.480 e. The molecule has 1 atom stereocenters. The number of sulfone groups is 1. The van der Waals surface area contributed by atoms with Crippen molar-refractivity contribution in [1.29, 1.82) is 0 Å². The lowest BCUT2D eigenvalue weighted by molar-refractivity contribution is -0.137. The van der Waals surface area contributed by atoms with E-state index in [2.05, 4.69) is 0 Å². The molecule has 32 heavy (non-hydrogen) atoms. The van der Waals surface area contributed by atoms with Crippen LogP contribution in [0.4, 0.5) is 0 Å². The van der Waals surface area contributed by atoms with Gasteiger partial charge in [0.05, 0.1) is 16.3 Å². The van der Waals surface area contributed by atoms with E-state index in [9.17, 15) is 18.0 Å². The van der Waals surface area contributed by atoms with E-state index < -0.39 is 27.6 Å². The molecule has 0 saturated carbocycles. The van der Waals surface area contributed by atoms with Crippen molar-refractivity contribution < 1.29 is 23.1 Å². The van der Waals surface area contributed by atoms with Crippen molar-refractivity contribution in [1.82, 2.24) is 4.57 Å². The molecule has 3 aromatic rings. The highest BCUT2D eigenvalue weighted by atomic mass is 32.2. The Bertz CT molecular complexity index is 1240. The Kier molecular flexibility index (Phi) is 7.07. The molecule has 0 fully saturated rings. The third-order valence-electron chi connectivity index (χ3n) is 4.94. The number of nitrogens with zero attached hydrogens (tertiary/aromatic N) is 1. The van der Waals surface area contributed by atoms with Gasteiger partial charge in [0.25, 0.3) is 0 Å². The molecule has 1 heterocycles. The number of allylic oxidation sites excluding steroid dienone is 1. The van der Waals surface area contributed by atoms with Gasteiger partial charge in [-0.15, -0.1) is 0 Å². The average molecular weight is 453 g/mol. The highest BCUT2D eigenvalue weighted by molar-refractivity contribution is 7.91. The van der Waals surface area contributed by atoms with E-state index in [1.54, 1.807) is 18.2 Å². The molecule has 0 radical (unpaired) electrons. The number of aromatic nitrogens is 1. The second-order valence-corrected chi connectivity index (χ2v) is 9.47. The maximum atomic E-state index is 12.8. The Labute approximate surface area is 186 Å². The first kappa shape index (κ1) is 23.2. The zero-order chi connectivity index (χ0) is 23.3. The van der Waals surface area contributed by atoms with Crippen LogP contribution in [0.3, 0.4) is 0 Å². The Morgan fingerprint density at radius 3 is 2.34 bits per heavy atom. The molecule has 0 bridgehead atoms. The fourth-order valence-corrected chi connectivity index (χ4v) is 4.48. The van der Waals surface area contributed by atoms with Crippen molar-refractivity contribution in [3.05, 3.63) is 95.3 Å². The maximum absolute atomic E-state index is 12.8. The molecular formula is C24H24N2O5S. The number of carbonyl (C=O) groups is 2. The number of hydrogen-bond donors (Lipinski definition) is 2. The minimum absolute atomic E-state index is 0.0164. The summed E-state index contributed by atoms with van der Waals surface area (Å²) in [5.74, 6) is -2.08. The number of aryl methyl sites for hydroxylation is 1. The molecule has 8 heteroatoms. The molecule has 0 aliphatic rings. The second-order valence-electron chi connectivity index (χ2n) is 7.44. The summed E-state index contributed by atoms with van der Waals surface area (Å²) in [5, 5.41) is 8.82. The third kappa shape index (κ3) is 5.60. The summed E-state index contributed by atoms with van der Waals surface area (Å²) < 4.78 is 26.4. The topological polar surface area (TPSA) is 119 Å². The van der Waals surface area contributed by atoms with Gasteiger partial charge in [0.2, 0.25) is 5.78 Å². The predicted molar refractivity (Wildman–Crippen MR) is 122 cm³/mol. The average Bonchev–Trinajstić information content (AvgIpc) is 3.22. The van der Waals surface area contributed by atoms with Crippen LogP contribution in [0.25, 0.3) is 6.08 Å². The third-order valence-corrected chi connectivity index (χ3v) is 6.73. The van der Waals surface area contributed by atoms with Gasteiger partial charge < -0.3 is 15.4 Å². The van der Waals surface area contributed by atoms with E-state index in [1.165, 1.54) is 12.1 Å². The maximum Gasteiger partial charge on any atom is 0.321 e. The lowest BCUT2D eigenvalue weighted by Gasteiger charge is -2.08. The summed E-state index contributed by atoms with van der Waals surface area (Å²) in [6.45, 7) is 2.43. The van der Waals surface area contributed by atoms with Crippen molar-refractivity contribution >= 4 is 27.7 Å². The molecule has 0 unspecified atom stereocenters. The van der Waals surface area contributed by atoms with Gasteiger partial charge in [0.1, 0.15) is 6.04 Å². The Morgan fingerprint density at radius 1 is 1.06 bits per heavy atom. The fourth-order valence-electron chi connectivity index (χ4n) is 3.12. The summed E-state index contributed by atoms with van der Waals surface area (Å²) in [7, 11) is -3.79. The van der Waals surface area contributed by atoms with Crippen LogP contribution in [0.5, 0.6) is 0 Å². The zero-order valence-electron chi connectivity index (χ0n) is 17.5. The van der Waals surface area contributed by atoms with Crippen LogP contribution in [0.1, 0.15) is 27.2 Å². The van der Waals surface area contributed by atoms with Crippen molar-refractivity contribution in [2.45, 2.75) is 24.4 Å². The summed E-state index contributed by atoms with van der Waals surface area (Å²) >= 11 is 0. The van der Waals surface area contributed by atoms with E-state index in [4.69, 9.17) is 10.8 Å². The van der Waals surface area contributed by atoms with E-state index in [1.807, 2.05) is 60.2 Å². The highest BCUT2D eigenvalue weighted by Crippen LogP contribution is 2.15. The molecule has 0 aliphatic carbocycles. The normalized spacial score (nSPS) is 12.7. The minimum Gasteiger partial charge on any atom is -0.480 e. The molecule has 1 aromatic heterocycles. The molecule has 0 amide bonds. The standard InChI is InChI=1S/C24H24N2O5S/c1-17-6-10-19(11-7-17)23(27)22-5-3-15-26(22)14-2-4-18-8-12-20(13-9-18)32(30,31)16-21(25)24(28)29/h2-13,15,21H,14,16,25H2,1H3,(H,28,29)/b4-2+/t21-/m0/s1. The van der Waals surface area contributed by atoms with Crippen LogP contribution in [-0.2, 0) is 21.2 Å². The van der Waals surface area contributed by atoms with Crippen LogP contribution in [0, 0.1) is 6.92 Å². The van der Waals surface area contributed by atoms with Gasteiger partial charge in [-0.25, -0.2) is 8.42 Å². The van der Waals surface area contributed by atoms with Crippen LogP contribution >= 0.6 is 0 Å². The number of carboxylic acid groups (broad SMARTS) is 1. The van der Waals surface area contributed by atoms with E-state index in [0.29, 0.717) is 17.8 Å². The Balaban J connectivity index is 1.67. The lowest BCUT2D eigenvalue weighted by atomic mass is 10.1. The van der Waals surface area contributed by atoms with Crippen LogP contribution in [0.15, 0.2) is 77.8 Å². The number of benzene rings is 2. The Hall–Kier alpha value is -3.49. The number of carbonyl (C=O) groups excluding carboxylic acids is 1. The van der Waals surface area contributed by atoms with Gasteiger partial charge in [-0.3, -0.25) is 9.59 Å². The summed E-state index contributed by atoms with van der Waals surface area (Å²) in [4.78, 5) is 23.6. The number of hydrogen-bond acceptors (Lipinski definition) is 5. The van der Waals surface area contributed by atoms with Crippen molar-refractivity contribution in [3.8, 4) is 0 Å². The summed E-state index contributed by atoms with van der Waals surface area (Å²) in [5.41, 5.74) is 8.40. The molecule has 0 saturated heterocycles. The predicted octanol–water partition coefficient (Wildman–Crippen LogP) is 2.93. The number of carboxylic acids is 1. The van der Waals surface area contributed by atoms with Crippen molar-refractivity contribution in [3.63, 3.8) is 0 Å². The van der Waals surface area contributed by atoms with Gasteiger partial charge in [-0.2, -0.15) is 0 Å². The summed E-state index contributed by atoms with van der Waals surface area (Å²) in [6.07, 6.45) is 5.52. The lowest BCUT2D eigenvalue weighted by Crippen LogP contribution is -2.37. The van der Waals surface area contributed by atoms with Crippen molar-refractivity contribution in [2.24, 2.45) is 5.73 Å². The molecule has 7 nitrogen and oxygen atoms in total. The van der Waals surface area contributed by atoms with Gasteiger partial charge in [0, 0.05) is 18.3 Å². The highest BCUT2D eigenvalue weighted by Gasteiger charge is 2.23. The van der Waals surface area contributed by atoms with Gasteiger partial charge in [0.15, 0.2) is 9.84 Å². The number of nitrogens with two attached hydrogens (primary N) is 1. The molecule has 2 aromatic carbocycles. The van der Waals surface area contributed by atoms with Gasteiger partial charge in [-0.05, 0) is 36.8 Å². The molecular weight excluding hydrogens is 428 g/mol. The van der Waals surface area contributed by atoms with Crippen LogP contribution < -0.4 is 5.73 Å². The molecule has 3 N–H and O–H groups in total. The minimum atomic E-state index is -3.79. The number of aliphatic carboxylic acids is 1. The smallest absolute Gasteiger partial charge is 0.321 e. The molecule has 0 aliphatic heterocycles. The number of ketones is 1. The Morgan fingerprint density at radius 2 is 1.72 bits per heavy atom. The SMILES string of the molecule is Cc1ccc(C(=O)c2cccn2C/C=C/c2ccc(S(=O)(=O)C[C@H](N)C(=O)O)cc2)cc1. The summed E-state index contributed by atoms with van der Waals surface area (Å²) in [6, 6.07) is 15.6. The van der Waals surface area contributed by atoms with E-state index in [0.717, 1.165) is 11.1 Å². The first-order chi connectivity index (χ1) is 15.2.